The summed E-state index contributed by atoms with van der Waals surface area (Å²) in [7, 11) is 0. The number of hydrogen-bond donors (Lipinski definition) is 2. The molecule has 0 fully saturated rings. The molecule has 0 heterocycles. The summed E-state index contributed by atoms with van der Waals surface area (Å²) < 4.78 is 5.43. The van der Waals surface area contributed by atoms with Crippen molar-refractivity contribution >= 4 is 17.8 Å². The normalized spacial score (nSPS) is 14.7. The molecule has 3 atom stereocenters. The molecule has 2 N–H and O–H groups in total. The number of ether oxygens (including phenoxy) is 1. The second-order valence-electron chi connectivity index (χ2n) is 9.90. The molecule has 0 saturated heterocycles. The van der Waals surface area contributed by atoms with E-state index in [0.717, 1.165) is 5.56 Å². The molecule has 1 rings (SSSR count). The zero-order valence-electron chi connectivity index (χ0n) is 20.0. The van der Waals surface area contributed by atoms with Gasteiger partial charge in [0.15, 0.2) is 0 Å². The van der Waals surface area contributed by atoms with Crippen molar-refractivity contribution in [2.45, 2.75) is 79.0 Å². The fourth-order valence-electron chi connectivity index (χ4n) is 3.05. The zero-order valence-corrected chi connectivity index (χ0v) is 20.0. The molecule has 0 aliphatic heterocycles. The van der Waals surface area contributed by atoms with Crippen LogP contribution in [0, 0.1) is 11.3 Å². The van der Waals surface area contributed by atoms with Gasteiger partial charge in [-0.2, -0.15) is 0 Å². The van der Waals surface area contributed by atoms with Gasteiger partial charge in [0.05, 0.1) is 6.04 Å². The first-order valence-electron chi connectivity index (χ1n) is 10.8. The van der Waals surface area contributed by atoms with Crippen molar-refractivity contribution in [1.29, 1.82) is 0 Å². The molecule has 0 bridgehead atoms. The number of amides is 2. The van der Waals surface area contributed by atoms with E-state index in [1.807, 2.05) is 58.0 Å². The second kappa shape index (κ2) is 11.1. The average Bonchev–Trinajstić information content (AvgIpc) is 2.64. The van der Waals surface area contributed by atoms with Crippen LogP contribution in [-0.2, 0) is 19.1 Å². The Morgan fingerprint density at radius 3 is 2.06 bits per heavy atom. The molecular formula is C25H38N2O4. The Bertz CT molecular complexity index is 760. The maximum atomic E-state index is 13.1. The van der Waals surface area contributed by atoms with E-state index in [2.05, 4.69) is 17.2 Å². The SMILES string of the molecule is C=CCCC(C(=O)N[C@H](C(=O)N[C@H](C)c1ccccc1)C(C)(C)C)C(=O)OC(C)(C)C. The Labute approximate surface area is 186 Å². The number of rotatable bonds is 9. The van der Waals surface area contributed by atoms with Gasteiger partial charge < -0.3 is 15.4 Å². The first-order valence-corrected chi connectivity index (χ1v) is 10.8. The summed E-state index contributed by atoms with van der Waals surface area (Å²) in [5.41, 5.74) is -0.310. The molecule has 0 radical (unpaired) electrons. The Hall–Kier alpha value is -2.63. The van der Waals surface area contributed by atoms with E-state index >= 15 is 0 Å². The largest absolute Gasteiger partial charge is 0.459 e. The van der Waals surface area contributed by atoms with Crippen LogP contribution in [0.5, 0.6) is 0 Å². The maximum absolute atomic E-state index is 13.1. The van der Waals surface area contributed by atoms with Crippen LogP contribution in [0.3, 0.4) is 0 Å². The van der Waals surface area contributed by atoms with E-state index in [-0.39, 0.29) is 18.4 Å². The van der Waals surface area contributed by atoms with Crippen molar-refractivity contribution in [2.24, 2.45) is 11.3 Å². The molecule has 0 aromatic heterocycles. The van der Waals surface area contributed by atoms with Gasteiger partial charge in [-0.15, -0.1) is 6.58 Å². The van der Waals surface area contributed by atoms with E-state index in [1.54, 1.807) is 26.8 Å². The van der Waals surface area contributed by atoms with Gasteiger partial charge >= 0.3 is 5.97 Å². The maximum Gasteiger partial charge on any atom is 0.319 e. The predicted molar refractivity (Wildman–Crippen MR) is 123 cm³/mol. The minimum Gasteiger partial charge on any atom is -0.459 e. The molecule has 2 amide bonds. The van der Waals surface area contributed by atoms with Crippen molar-refractivity contribution in [2.75, 3.05) is 0 Å². The Kier molecular flexibility index (Phi) is 9.47. The summed E-state index contributed by atoms with van der Waals surface area (Å²) >= 11 is 0. The first-order chi connectivity index (χ1) is 14.3. The van der Waals surface area contributed by atoms with E-state index in [9.17, 15) is 14.4 Å². The van der Waals surface area contributed by atoms with Crippen LogP contribution in [0.15, 0.2) is 43.0 Å². The van der Waals surface area contributed by atoms with Gasteiger partial charge in [-0.25, -0.2) is 0 Å². The van der Waals surface area contributed by atoms with Gasteiger partial charge in [0.2, 0.25) is 11.8 Å². The molecule has 0 spiro atoms. The van der Waals surface area contributed by atoms with E-state index in [1.165, 1.54) is 0 Å². The van der Waals surface area contributed by atoms with Crippen molar-refractivity contribution in [3.8, 4) is 0 Å². The molecule has 0 saturated carbocycles. The molecule has 0 aliphatic rings. The summed E-state index contributed by atoms with van der Waals surface area (Å²) in [6.45, 7) is 16.4. The highest BCUT2D eigenvalue weighted by Crippen LogP contribution is 2.23. The van der Waals surface area contributed by atoms with Crippen molar-refractivity contribution in [3.63, 3.8) is 0 Å². The molecule has 1 unspecified atom stereocenters. The number of benzene rings is 1. The second-order valence-corrected chi connectivity index (χ2v) is 9.90. The summed E-state index contributed by atoms with van der Waals surface area (Å²) in [6.07, 6.45) is 2.40. The van der Waals surface area contributed by atoms with Gasteiger partial charge in [0.25, 0.3) is 0 Å². The van der Waals surface area contributed by atoms with E-state index in [4.69, 9.17) is 4.74 Å². The zero-order chi connectivity index (χ0) is 23.8. The van der Waals surface area contributed by atoms with Crippen LogP contribution < -0.4 is 10.6 Å². The van der Waals surface area contributed by atoms with Gasteiger partial charge in [-0.1, -0.05) is 57.2 Å². The Morgan fingerprint density at radius 1 is 1.00 bits per heavy atom. The van der Waals surface area contributed by atoms with Crippen LogP contribution in [0.4, 0.5) is 0 Å². The fraction of sp³-hybridized carbons (Fsp3) is 0.560. The van der Waals surface area contributed by atoms with E-state index < -0.39 is 34.9 Å². The number of hydrogen-bond acceptors (Lipinski definition) is 4. The van der Waals surface area contributed by atoms with Crippen LogP contribution in [0.25, 0.3) is 0 Å². The number of carbonyl (C=O) groups is 3. The number of allylic oxidation sites excluding steroid dienone is 1. The molecule has 172 valence electrons. The molecule has 0 aliphatic carbocycles. The summed E-state index contributed by atoms with van der Waals surface area (Å²) in [5.74, 6) is -2.43. The van der Waals surface area contributed by atoms with Crippen LogP contribution in [-0.4, -0.2) is 29.4 Å². The number of carbonyl (C=O) groups excluding carboxylic acids is 3. The summed E-state index contributed by atoms with van der Waals surface area (Å²) in [6, 6.07) is 8.55. The molecular weight excluding hydrogens is 392 g/mol. The lowest BCUT2D eigenvalue weighted by Crippen LogP contribution is -2.56. The van der Waals surface area contributed by atoms with Gasteiger partial charge in [0, 0.05) is 0 Å². The molecule has 1 aromatic carbocycles. The lowest BCUT2D eigenvalue weighted by Gasteiger charge is -2.33. The Morgan fingerprint density at radius 2 is 1.58 bits per heavy atom. The van der Waals surface area contributed by atoms with Gasteiger partial charge in [-0.3, -0.25) is 14.4 Å². The van der Waals surface area contributed by atoms with Crippen molar-refractivity contribution < 1.29 is 19.1 Å². The molecule has 31 heavy (non-hydrogen) atoms. The van der Waals surface area contributed by atoms with Crippen LogP contribution >= 0.6 is 0 Å². The quantitative estimate of drug-likeness (QED) is 0.347. The highest BCUT2D eigenvalue weighted by molar-refractivity contribution is 6.00. The van der Waals surface area contributed by atoms with Crippen molar-refractivity contribution in [1.82, 2.24) is 10.6 Å². The van der Waals surface area contributed by atoms with Crippen molar-refractivity contribution in [3.05, 3.63) is 48.6 Å². The standard InChI is InChI=1S/C25H38N2O4/c1-9-10-16-19(23(30)31-25(6,7)8)21(28)27-20(24(3,4)5)22(29)26-17(2)18-14-12-11-13-15-18/h9,11-15,17,19-20H,1,10,16H2,2-8H3,(H,26,29)(H,27,28)/t17-,19?,20-/m1/s1. The van der Waals surface area contributed by atoms with Crippen LogP contribution in [0.1, 0.15) is 72.9 Å². The van der Waals surface area contributed by atoms with E-state index in [0.29, 0.717) is 6.42 Å². The third-order valence-corrected chi connectivity index (χ3v) is 4.74. The number of nitrogens with one attached hydrogen (secondary N) is 2. The summed E-state index contributed by atoms with van der Waals surface area (Å²) in [5, 5.41) is 5.77. The predicted octanol–water partition coefficient (Wildman–Crippen LogP) is 4.32. The molecule has 6 heteroatoms. The third-order valence-electron chi connectivity index (χ3n) is 4.74. The average molecular weight is 431 g/mol. The minimum atomic E-state index is -1.01. The highest BCUT2D eigenvalue weighted by Gasteiger charge is 2.38. The monoisotopic (exact) mass is 430 g/mol. The topological polar surface area (TPSA) is 84.5 Å². The van der Waals surface area contributed by atoms with Gasteiger partial charge in [0.1, 0.15) is 17.6 Å². The minimum absolute atomic E-state index is 0.224. The van der Waals surface area contributed by atoms with Crippen LogP contribution in [0.2, 0.25) is 0 Å². The first kappa shape index (κ1) is 26.4. The van der Waals surface area contributed by atoms with Gasteiger partial charge in [-0.05, 0) is 51.5 Å². The Balaban J connectivity index is 3.01. The lowest BCUT2D eigenvalue weighted by atomic mass is 9.85. The summed E-state index contributed by atoms with van der Waals surface area (Å²) in [4.78, 5) is 38.8. The fourth-order valence-corrected chi connectivity index (χ4v) is 3.05. The highest BCUT2D eigenvalue weighted by atomic mass is 16.6. The lowest BCUT2D eigenvalue weighted by molar-refractivity contribution is -0.163. The third kappa shape index (κ3) is 8.95. The number of esters is 1. The smallest absolute Gasteiger partial charge is 0.319 e. The molecule has 1 aromatic rings. The molecule has 6 nitrogen and oxygen atoms in total.